The van der Waals surface area contributed by atoms with Gasteiger partial charge in [-0.05, 0) is 63.9 Å². The van der Waals surface area contributed by atoms with Gasteiger partial charge in [-0.25, -0.2) is 19.6 Å². The first-order valence-electron chi connectivity index (χ1n) is 15.8. The molecule has 2 aromatic heterocycles. The van der Waals surface area contributed by atoms with Gasteiger partial charge in [0.05, 0.1) is 11.3 Å². The fourth-order valence-electron chi connectivity index (χ4n) is 4.47. The summed E-state index contributed by atoms with van der Waals surface area (Å²) in [5.74, 6) is 0.745. The molecule has 0 saturated carbocycles. The molecule has 1 unspecified atom stereocenters. The van der Waals surface area contributed by atoms with Gasteiger partial charge in [0, 0.05) is 33.8 Å². The summed E-state index contributed by atoms with van der Waals surface area (Å²) < 4.78 is 16.1. The van der Waals surface area contributed by atoms with Crippen LogP contribution in [0.25, 0.3) is 21.7 Å². The maximum atomic E-state index is 12.3. The molecule has 0 bridgehead atoms. The summed E-state index contributed by atoms with van der Waals surface area (Å²) in [6.45, 7) is 9.31. The molecule has 0 aliphatic rings. The van der Waals surface area contributed by atoms with Crippen molar-refractivity contribution in [1.82, 2.24) is 15.3 Å². The van der Waals surface area contributed by atoms with Gasteiger partial charge >= 0.3 is 12.1 Å². The number of amides is 1. The van der Waals surface area contributed by atoms with Crippen molar-refractivity contribution in [3.8, 4) is 39.6 Å². The number of aromatic nitrogens is 2. The van der Waals surface area contributed by atoms with Crippen LogP contribution >= 0.6 is 34.7 Å². The number of rotatable bonds is 14. The predicted octanol–water partition coefficient (Wildman–Crippen LogP) is 8.22. The van der Waals surface area contributed by atoms with Crippen molar-refractivity contribution >= 4 is 52.6 Å². The molecule has 2 N–H and O–H groups in total. The van der Waals surface area contributed by atoms with Crippen LogP contribution in [0.2, 0.25) is 5.02 Å². The number of hydrogen-bond donors (Lipinski definition) is 2. The summed E-state index contributed by atoms with van der Waals surface area (Å²) >= 11 is 8.94. The number of nitriles is 2. The second-order valence-corrected chi connectivity index (χ2v) is 14.1. The molecule has 0 saturated heterocycles. The fraction of sp³-hybridized carbons (Fsp3) is 0.333. The van der Waals surface area contributed by atoms with E-state index in [0.717, 1.165) is 22.7 Å². The Morgan fingerprint density at radius 1 is 1.00 bits per heavy atom. The van der Waals surface area contributed by atoms with Crippen LogP contribution in [-0.4, -0.2) is 53.4 Å². The fourth-order valence-corrected chi connectivity index (χ4v) is 6.41. The number of benzene rings is 2. The lowest BCUT2D eigenvalue weighted by Crippen LogP contribution is -2.42. The first-order chi connectivity index (χ1) is 23.9. The van der Waals surface area contributed by atoms with Crippen LogP contribution in [0.15, 0.2) is 58.9 Å². The van der Waals surface area contributed by atoms with Gasteiger partial charge < -0.3 is 24.8 Å². The molecule has 4 rings (SSSR count). The largest absolute Gasteiger partial charge is 0.490 e. The summed E-state index contributed by atoms with van der Waals surface area (Å²) in [4.78, 5) is 33.7. The van der Waals surface area contributed by atoms with Gasteiger partial charge in [-0.3, -0.25) is 0 Å². The van der Waals surface area contributed by atoms with Gasteiger partial charge in [0.1, 0.15) is 64.2 Å². The lowest BCUT2D eigenvalue weighted by atomic mass is 9.96. The number of carbonyl (C=O) groups excluding carboxylic acids is 2. The van der Waals surface area contributed by atoms with Crippen molar-refractivity contribution in [2.24, 2.45) is 0 Å². The van der Waals surface area contributed by atoms with Crippen LogP contribution in [0.3, 0.4) is 0 Å². The number of carbonyl (C=O) groups is 2. The molecular weight excluding hydrogens is 696 g/mol. The third kappa shape index (κ3) is 10.6. The Hall–Kier alpha value is -4.82. The molecule has 1 atom stereocenters. The van der Waals surface area contributed by atoms with E-state index in [4.69, 9.17) is 35.8 Å². The lowest BCUT2D eigenvalue weighted by molar-refractivity contribution is -0.146. The Balaban J connectivity index is 1.46. The van der Waals surface area contributed by atoms with Gasteiger partial charge in [-0.1, -0.05) is 54.6 Å². The van der Waals surface area contributed by atoms with Crippen LogP contribution in [0.4, 0.5) is 10.6 Å². The maximum absolute atomic E-state index is 12.3. The summed E-state index contributed by atoms with van der Waals surface area (Å²) in [6.07, 6.45) is 0.103. The number of thiazole rings is 1. The van der Waals surface area contributed by atoms with E-state index in [2.05, 4.69) is 22.8 Å². The van der Waals surface area contributed by atoms with E-state index in [9.17, 15) is 20.1 Å². The van der Waals surface area contributed by atoms with Gasteiger partial charge in [0.25, 0.3) is 0 Å². The quantitative estimate of drug-likeness (QED) is 0.0731. The number of ether oxygens (including phenoxy) is 3. The van der Waals surface area contributed by atoms with Gasteiger partial charge in [0.2, 0.25) is 0 Å². The summed E-state index contributed by atoms with van der Waals surface area (Å²) in [7, 11) is 0. The topological polar surface area (TPSA) is 159 Å². The van der Waals surface area contributed by atoms with E-state index in [1.54, 1.807) is 45.0 Å². The highest BCUT2D eigenvalue weighted by Gasteiger charge is 2.23. The van der Waals surface area contributed by atoms with Crippen LogP contribution in [0.1, 0.15) is 57.9 Å². The zero-order valence-electron chi connectivity index (χ0n) is 28.3. The van der Waals surface area contributed by atoms with Crippen LogP contribution in [0, 0.1) is 22.7 Å². The van der Waals surface area contributed by atoms with E-state index in [-0.39, 0.29) is 24.3 Å². The molecule has 0 aliphatic carbocycles. The lowest BCUT2D eigenvalue weighted by Gasteiger charge is -2.21. The molecule has 14 heteroatoms. The van der Waals surface area contributed by atoms with Crippen LogP contribution in [0.5, 0.6) is 5.75 Å². The highest BCUT2D eigenvalue weighted by Crippen LogP contribution is 2.38. The second kappa shape index (κ2) is 17.7. The van der Waals surface area contributed by atoms with Crippen molar-refractivity contribution in [2.45, 2.75) is 63.5 Å². The van der Waals surface area contributed by atoms with Crippen LogP contribution < -0.4 is 15.4 Å². The molecule has 0 fully saturated rings. The molecule has 0 radical (unpaired) electrons. The zero-order valence-corrected chi connectivity index (χ0v) is 30.7. The minimum Gasteiger partial charge on any atom is -0.490 e. The first kappa shape index (κ1) is 38.0. The molecule has 1 amide bonds. The second-order valence-electron chi connectivity index (χ2n) is 11.9. The SMILES string of the molecule is CCCNc1nc(SCc2csc(-c3ccc(Cl)cc3)n2)c(C#N)c(-c2ccc(OCCOC(=O)C(C)NC(=O)OC(C)(C)C)cc2)c1C#N. The van der Waals surface area contributed by atoms with Gasteiger partial charge in [-0.2, -0.15) is 10.5 Å². The summed E-state index contributed by atoms with van der Waals surface area (Å²) in [5.41, 5.74) is 2.78. The molecule has 4 aromatic rings. The maximum Gasteiger partial charge on any atom is 0.408 e. The number of nitrogens with one attached hydrogen (secondary N) is 2. The number of anilines is 1. The predicted molar refractivity (Wildman–Crippen MR) is 195 cm³/mol. The normalized spacial score (nSPS) is 11.5. The number of hydrogen-bond acceptors (Lipinski definition) is 12. The number of pyridine rings is 1. The van der Waals surface area contributed by atoms with Crippen LogP contribution in [-0.2, 0) is 20.0 Å². The van der Waals surface area contributed by atoms with Gasteiger partial charge in [-0.15, -0.1) is 11.3 Å². The summed E-state index contributed by atoms with van der Waals surface area (Å²) in [6, 6.07) is 18.1. The molecule has 2 aromatic carbocycles. The van der Waals surface area contributed by atoms with E-state index in [1.165, 1.54) is 30.0 Å². The number of thioether (sulfide) groups is 1. The highest BCUT2D eigenvalue weighted by atomic mass is 35.5. The number of alkyl carbamates (subject to hydrolysis) is 1. The Morgan fingerprint density at radius 2 is 1.68 bits per heavy atom. The van der Waals surface area contributed by atoms with Crippen molar-refractivity contribution in [3.05, 3.63) is 75.8 Å². The number of halogens is 1. The molecule has 260 valence electrons. The van der Waals surface area contributed by atoms with Crippen molar-refractivity contribution in [2.75, 3.05) is 25.1 Å². The summed E-state index contributed by atoms with van der Waals surface area (Å²) in [5, 5.41) is 30.2. The van der Waals surface area contributed by atoms with Gasteiger partial charge in [0.15, 0.2) is 0 Å². The average molecular weight is 733 g/mol. The third-order valence-corrected chi connectivity index (χ3v) is 8.96. The van der Waals surface area contributed by atoms with E-state index in [1.807, 2.05) is 36.6 Å². The van der Waals surface area contributed by atoms with E-state index < -0.39 is 23.7 Å². The minimum absolute atomic E-state index is 0.0460. The van der Waals surface area contributed by atoms with Crippen molar-refractivity contribution < 1.29 is 23.8 Å². The Labute approximate surface area is 304 Å². The molecule has 2 heterocycles. The van der Waals surface area contributed by atoms with Crippen molar-refractivity contribution in [1.29, 1.82) is 10.5 Å². The first-order valence-corrected chi connectivity index (χ1v) is 18.0. The van der Waals surface area contributed by atoms with E-state index in [0.29, 0.717) is 45.0 Å². The monoisotopic (exact) mass is 732 g/mol. The molecular formula is C36H37ClN6O5S2. The molecule has 11 nitrogen and oxygen atoms in total. The van der Waals surface area contributed by atoms with E-state index >= 15 is 0 Å². The number of nitrogens with zero attached hydrogens (tertiary/aromatic N) is 4. The highest BCUT2D eigenvalue weighted by molar-refractivity contribution is 7.98. The smallest absolute Gasteiger partial charge is 0.408 e. The minimum atomic E-state index is -0.902. The number of esters is 1. The average Bonchev–Trinajstić information content (AvgIpc) is 3.56. The standard InChI is InChI=1S/C36H37ClN6O5S2/c1-6-15-40-31-28(18-38)30(29(19-39)33(43-31)50-21-26-20-49-32(42-26)24-7-11-25(37)12-8-24)23-9-13-27(14-10-23)46-16-17-47-34(44)22(2)41-35(45)48-36(3,4)5/h7-14,20,22H,6,15-17,21H2,1-5H3,(H,40,43)(H,41,45). The third-order valence-electron chi connectivity index (χ3n) is 6.76. The molecule has 0 aliphatic heterocycles. The Kier molecular flexibility index (Phi) is 13.5. The Bertz CT molecular complexity index is 1880. The zero-order chi connectivity index (χ0) is 36.3. The molecule has 0 spiro atoms. The molecule has 50 heavy (non-hydrogen) atoms. The van der Waals surface area contributed by atoms with Crippen molar-refractivity contribution in [3.63, 3.8) is 0 Å². The Morgan fingerprint density at radius 3 is 2.32 bits per heavy atom.